The van der Waals surface area contributed by atoms with E-state index < -0.39 is 11.2 Å². The second-order valence-electron chi connectivity index (χ2n) is 5.14. The van der Waals surface area contributed by atoms with Crippen LogP contribution in [0.4, 0.5) is 0 Å². The van der Waals surface area contributed by atoms with E-state index in [-0.39, 0.29) is 5.56 Å². The molecule has 2 aromatic rings. The van der Waals surface area contributed by atoms with Crippen molar-refractivity contribution >= 4 is 0 Å². The standard InChI is InChI=1S/C14H13N5O2/c1-2-7-3-8(7)9-4-11(18-19-12(9)5-15)10-6-16-14(21)17-13(10)20/h4,6-8H,2-3H2,1H3,(H2,16,17,20,21)/t7-,8-/m0/s1. The fraction of sp³-hybridized carbons (Fsp3) is 0.357. The average molecular weight is 283 g/mol. The smallest absolute Gasteiger partial charge is 0.313 e. The van der Waals surface area contributed by atoms with Crippen molar-refractivity contribution in [3.63, 3.8) is 0 Å². The lowest BCUT2D eigenvalue weighted by Crippen LogP contribution is -2.23. The molecule has 2 N–H and O–H groups in total. The quantitative estimate of drug-likeness (QED) is 0.868. The molecule has 1 aliphatic rings. The maximum Gasteiger partial charge on any atom is 0.325 e. The van der Waals surface area contributed by atoms with Gasteiger partial charge in [-0.2, -0.15) is 5.26 Å². The van der Waals surface area contributed by atoms with E-state index in [1.165, 1.54) is 6.20 Å². The average Bonchev–Trinajstić information content (AvgIpc) is 3.26. The van der Waals surface area contributed by atoms with Crippen molar-refractivity contribution in [3.05, 3.63) is 44.4 Å². The molecule has 0 radical (unpaired) electrons. The Morgan fingerprint density at radius 1 is 1.43 bits per heavy atom. The number of aromatic nitrogens is 4. The molecule has 0 aliphatic heterocycles. The molecule has 1 saturated carbocycles. The molecule has 1 aliphatic carbocycles. The van der Waals surface area contributed by atoms with Crippen LogP contribution >= 0.6 is 0 Å². The number of rotatable bonds is 3. The molecule has 0 amide bonds. The van der Waals surface area contributed by atoms with Crippen LogP contribution in [0.3, 0.4) is 0 Å². The van der Waals surface area contributed by atoms with E-state index in [0.717, 1.165) is 18.4 Å². The van der Waals surface area contributed by atoms with Crippen LogP contribution in [0.5, 0.6) is 0 Å². The Morgan fingerprint density at radius 3 is 2.86 bits per heavy atom. The molecule has 3 rings (SSSR count). The van der Waals surface area contributed by atoms with Gasteiger partial charge in [0, 0.05) is 6.20 Å². The van der Waals surface area contributed by atoms with Gasteiger partial charge in [0.2, 0.25) is 0 Å². The van der Waals surface area contributed by atoms with Gasteiger partial charge in [-0.15, -0.1) is 10.2 Å². The number of hydrogen-bond acceptors (Lipinski definition) is 5. The summed E-state index contributed by atoms with van der Waals surface area (Å²) in [6, 6.07) is 3.78. The molecule has 2 atom stereocenters. The summed E-state index contributed by atoms with van der Waals surface area (Å²) in [5.74, 6) is 0.865. The van der Waals surface area contributed by atoms with Gasteiger partial charge in [-0.1, -0.05) is 13.3 Å². The molecule has 1 fully saturated rings. The second-order valence-corrected chi connectivity index (χ2v) is 5.14. The molecule has 0 aromatic carbocycles. The molecule has 0 bridgehead atoms. The van der Waals surface area contributed by atoms with Gasteiger partial charge >= 0.3 is 5.69 Å². The predicted molar refractivity (Wildman–Crippen MR) is 74.6 cm³/mol. The van der Waals surface area contributed by atoms with E-state index in [2.05, 4.69) is 27.1 Å². The highest BCUT2D eigenvalue weighted by Gasteiger charge is 2.38. The fourth-order valence-electron chi connectivity index (χ4n) is 2.59. The first-order chi connectivity index (χ1) is 10.1. The summed E-state index contributed by atoms with van der Waals surface area (Å²) in [5.41, 5.74) is 0.649. The van der Waals surface area contributed by atoms with Crippen molar-refractivity contribution < 1.29 is 0 Å². The number of H-pyrrole nitrogens is 2. The summed E-state index contributed by atoms with van der Waals surface area (Å²) in [4.78, 5) is 27.4. The first-order valence-corrected chi connectivity index (χ1v) is 6.74. The largest absolute Gasteiger partial charge is 0.325 e. The molecule has 7 nitrogen and oxygen atoms in total. The second kappa shape index (κ2) is 4.98. The van der Waals surface area contributed by atoms with Crippen molar-refractivity contribution in [3.8, 4) is 17.3 Å². The minimum absolute atomic E-state index is 0.238. The number of nitriles is 1. The molecule has 0 saturated heterocycles. The molecule has 0 unspecified atom stereocenters. The van der Waals surface area contributed by atoms with Gasteiger partial charge in [0.15, 0.2) is 5.69 Å². The van der Waals surface area contributed by atoms with Crippen LogP contribution in [-0.4, -0.2) is 20.2 Å². The third-order valence-electron chi connectivity index (χ3n) is 3.87. The summed E-state index contributed by atoms with van der Waals surface area (Å²) >= 11 is 0. The summed E-state index contributed by atoms with van der Waals surface area (Å²) in [5, 5.41) is 17.0. The highest BCUT2D eigenvalue weighted by atomic mass is 16.2. The highest BCUT2D eigenvalue weighted by Crippen LogP contribution is 2.50. The maximum absolute atomic E-state index is 11.8. The Morgan fingerprint density at radius 2 is 2.24 bits per heavy atom. The number of hydrogen-bond donors (Lipinski definition) is 2. The van der Waals surface area contributed by atoms with Crippen LogP contribution in [0, 0.1) is 17.2 Å². The third-order valence-corrected chi connectivity index (χ3v) is 3.87. The Kier molecular flexibility index (Phi) is 3.14. The van der Waals surface area contributed by atoms with Gasteiger partial charge in [0.1, 0.15) is 11.8 Å². The third kappa shape index (κ3) is 2.36. The lowest BCUT2D eigenvalue weighted by Gasteiger charge is -2.04. The van der Waals surface area contributed by atoms with E-state index in [1.807, 2.05) is 6.07 Å². The number of nitrogens with one attached hydrogen (secondary N) is 2. The minimum atomic E-state index is -0.571. The maximum atomic E-state index is 11.8. The summed E-state index contributed by atoms with van der Waals surface area (Å²) in [7, 11) is 0. The monoisotopic (exact) mass is 283 g/mol. The Balaban J connectivity index is 2.09. The topological polar surface area (TPSA) is 115 Å². The van der Waals surface area contributed by atoms with Crippen LogP contribution in [0.25, 0.3) is 11.3 Å². The van der Waals surface area contributed by atoms with Crippen LogP contribution in [0.2, 0.25) is 0 Å². The summed E-state index contributed by atoms with van der Waals surface area (Å²) in [6.45, 7) is 2.11. The summed E-state index contributed by atoms with van der Waals surface area (Å²) in [6.07, 6.45) is 3.38. The zero-order valence-electron chi connectivity index (χ0n) is 11.4. The molecule has 2 heterocycles. The van der Waals surface area contributed by atoms with E-state index in [1.54, 1.807) is 6.07 Å². The van der Waals surface area contributed by atoms with Gasteiger partial charge in [0.25, 0.3) is 5.56 Å². The zero-order valence-corrected chi connectivity index (χ0v) is 11.4. The van der Waals surface area contributed by atoms with Gasteiger partial charge in [-0.05, 0) is 29.9 Å². The van der Waals surface area contributed by atoms with E-state index in [0.29, 0.717) is 23.2 Å². The van der Waals surface area contributed by atoms with E-state index in [4.69, 9.17) is 5.26 Å². The molecule has 7 heteroatoms. The zero-order chi connectivity index (χ0) is 15.0. The van der Waals surface area contributed by atoms with Gasteiger partial charge in [-0.3, -0.25) is 9.78 Å². The highest BCUT2D eigenvalue weighted by molar-refractivity contribution is 5.58. The first kappa shape index (κ1) is 13.2. The van der Waals surface area contributed by atoms with Gasteiger partial charge in [0.05, 0.1) is 5.56 Å². The first-order valence-electron chi connectivity index (χ1n) is 6.74. The molecular weight excluding hydrogens is 270 g/mol. The van der Waals surface area contributed by atoms with Gasteiger partial charge < -0.3 is 4.98 Å². The van der Waals surface area contributed by atoms with Crippen LogP contribution in [0.1, 0.15) is 36.9 Å². The van der Waals surface area contributed by atoms with Crippen molar-refractivity contribution in [2.45, 2.75) is 25.7 Å². The Labute approximate surface area is 119 Å². The predicted octanol–water partition coefficient (Wildman–Crippen LogP) is 0.905. The molecule has 2 aromatic heterocycles. The molecule has 0 spiro atoms. The summed E-state index contributed by atoms with van der Waals surface area (Å²) < 4.78 is 0. The van der Waals surface area contributed by atoms with E-state index >= 15 is 0 Å². The van der Waals surface area contributed by atoms with Crippen LogP contribution < -0.4 is 11.2 Å². The number of nitrogens with zero attached hydrogens (tertiary/aromatic N) is 3. The Hall–Kier alpha value is -2.75. The van der Waals surface area contributed by atoms with E-state index in [9.17, 15) is 9.59 Å². The minimum Gasteiger partial charge on any atom is -0.313 e. The van der Waals surface area contributed by atoms with Crippen LogP contribution in [-0.2, 0) is 0 Å². The van der Waals surface area contributed by atoms with Gasteiger partial charge in [-0.25, -0.2) is 4.79 Å². The molecule has 21 heavy (non-hydrogen) atoms. The normalized spacial score (nSPS) is 20.0. The van der Waals surface area contributed by atoms with Crippen molar-refractivity contribution in [2.24, 2.45) is 5.92 Å². The number of aromatic amines is 2. The van der Waals surface area contributed by atoms with Crippen LogP contribution in [0.15, 0.2) is 21.9 Å². The van der Waals surface area contributed by atoms with Crippen molar-refractivity contribution in [1.29, 1.82) is 5.26 Å². The van der Waals surface area contributed by atoms with Crippen molar-refractivity contribution in [2.75, 3.05) is 0 Å². The lowest BCUT2D eigenvalue weighted by atomic mass is 10.0. The molecule has 106 valence electrons. The SMILES string of the molecule is CC[C@H]1C[C@@H]1c1cc(-c2c[nH]c(=O)[nH]c2=O)nnc1C#N. The molecular formula is C14H13N5O2. The fourth-order valence-corrected chi connectivity index (χ4v) is 2.59. The van der Waals surface area contributed by atoms with Crippen molar-refractivity contribution in [1.82, 2.24) is 20.2 Å². The lowest BCUT2D eigenvalue weighted by molar-refractivity contribution is 0.761. The Bertz CT molecular complexity index is 845.